The van der Waals surface area contributed by atoms with E-state index in [0.29, 0.717) is 30.9 Å². The highest BCUT2D eigenvalue weighted by atomic mass is 16.5. The summed E-state index contributed by atoms with van der Waals surface area (Å²) in [6.07, 6.45) is 2.06. The van der Waals surface area contributed by atoms with Crippen molar-refractivity contribution in [2.45, 2.75) is 33.1 Å². The normalized spacial score (nSPS) is 11.9. The molecule has 1 unspecified atom stereocenters. The molecule has 4 heteroatoms. The Morgan fingerprint density at radius 1 is 1.32 bits per heavy atom. The van der Waals surface area contributed by atoms with E-state index in [4.69, 9.17) is 14.6 Å². The van der Waals surface area contributed by atoms with Crippen molar-refractivity contribution in [3.8, 4) is 11.5 Å². The molecule has 0 aromatic heterocycles. The molecule has 0 saturated carbocycles. The lowest BCUT2D eigenvalue weighted by atomic mass is 9.97. The average Bonchev–Trinajstić information content (AvgIpc) is 2.42. The summed E-state index contributed by atoms with van der Waals surface area (Å²) in [6, 6.07) is 5.61. The van der Waals surface area contributed by atoms with Crippen molar-refractivity contribution in [2.24, 2.45) is 5.92 Å². The maximum Gasteiger partial charge on any atom is 0.306 e. The zero-order chi connectivity index (χ0) is 14.3. The van der Waals surface area contributed by atoms with Crippen LogP contribution in [-0.2, 0) is 11.2 Å². The molecule has 0 radical (unpaired) electrons. The van der Waals surface area contributed by atoms with Crippen molar-refractivity contribution in [3.63, 3.8) is 0 Å². The van der Waals surface area contributed by atoms with Crippen molar-refractivity contribution in [3.05, 3.63) is 23.8 Å². The zero-order valence-electron chi connectivity index (χ0n) is 11.8. The van der Waals surface area contributed by atoms with E-state index >= 15 is 0 Å². The Morgan fingerprint density at radius 3 is 2.58 bits per heavy atom. The Morgan fingerprint density at radius 2 is 2.05 bits per heavy atom. The summed E-state index contributed by atoms with van der Waals surface area (Å²) in [6.45, 7) is 4.57. The van der Waals surface area contributed by atoms with E-state index in [2.05, 4.69) is 0 Å². The molecule has 0 fully saturated rings. The first-order valence-corrected chi connectivity index (χ1v) is 6.64. The Kier molecular flexibility index (Phi) is 6.19. The minimum Gasteiger partial charge on any atom is -0.493 e. The number of aliphatic carboxylic acids is 1. The third kappa shape index (κ3) is 4.47. The summed E-state index contributed by atoms with van der Waals surface area (Å²) < 4.78 is 10.9. The van der Waals surface area contributed by atoms with Gasteiger partial charge in [0.2, 0.25) is 0 Å². The van der Waals surface area contributed by atoms with Crippen LogP contribution in [0.4, 0.5) is 0 Å². The minimum atomic E-state index is -0.757. The van der Waals surface area contributed by atoms with Gasteiger partial charge in [-0.05, 0) is 37.0 Å². The highest BCUT2D eigenvalue weighted by Gasteiger charge is 2.16. The van der Waals surface area contributed by atoms with Crippen LogP contribution in [0.25, 0.3) is 0 Å². The first-order valence-electron chi connectivity index (χ1n) is 6.64. The van der Waals surface area contributed by atoms with E-state index in [1.807, 2.05) is 32.0 Å². The Labute approximate surface area is 114 Å². The smallest absolute Gasteiger partial charge is 0.306 e. The molecule has 0 amide bonds. The predicted octanol–water partition coefficient (Wildman–Crippen LogP) is 3.14. The molecule has 1 rings (SSSR count). The number of ether oxygens (including phenoxy) is 2. The summed E-state index contributed by atoms with van der Waals surface area (Å²) in [5.74, 6) is 0.252. The number of methoxy groups -OCH3 is 1. The second-order valence-corrected chi connectivity index (χ2v) is 4.48. The molecule has 0 heterocycles. The largest absolute Gasteiger partial charge is 0.493 e. The molecule has 0 aliphatic rings. The van der Waals surface area contributed by atoms with Crippen LogP contribution in [0.2, 0.25) is 0 Å². The number of carboxylic acids is 1. The second kappa shape index (κ2) is 7.67. The summed E-state index contributed by atoms with van der Waals surface area (Å²) in [4.78, 5) is 11.0. The van der Waals surface area contributed by atoms with Crippen LogP contribution in [0.5, 0.6) is 11.5 Å². The summed E-state index contributed by atoms with van der Waals surface area (Å²) in [5.41, 5.74) is 0.954. The maximum absolute atomic E-state index is 11.0. The van der Waals surface area contributed by atoms with Crippen LogP contribution in [0.3, 0.4) is 0 Å². The fraction of sp³-hybridized carbons (Fsp3) is 0.533. The number of carbonyl (C=O) groups is 1. The van der Waals surface area contributed by atoms with Crippen molar-refractivity contribution in [2.75, 3.05) is 13.7 Å². The SMILES string of the molecule is CCCOc1ccc(CC(CC)C(=O)O)cc1OC. The Bertz CT molecular complexity index is 415. The van der Waals surface area contributed by atoms with Gasteiger partial charge in [-0.2, -0.15) is 0 Å². The number of benzene rings is 1. The highest BCUT2D eigenvalue weighted by Crippen LogP contribution is 2.29. The van der Waals surface area contributed by atoms with E-state index in [9.17, 15) is 4.79 Å². The quantitative estimate of drug-likeness (QED) is 0.785. The number of carboxylic acid groups (broad SMARTS) is 1. The van der Waals surface area contributed by atoms with Gasteiger partial charge in [-0.25, -0.2) is 0 Å². The molecule has 1 aromatic carbocycles. The van der Waals surface area contributed by atoms with Gasteiger partial charge in [0.05, 0.1) is 19.6 Å². The van der Waals surface area contributed by atoms with Gasteiger partial charge < -0.3 is 14.6 Å². The topological polar surface area (TPSA) is 55.8 Å². The molecule has 0 aliphatic carbocycles. The van der Waals surface area contributed by atoms with Crippen molar-refractivity contribution >= 4 is 5.97 Å². The van der Waals surface area contributed by atoms with E-state index in [1.165, 1.54) is 0 Å². The van der Waals surface area contributed by atoms with Gasteiger partial charge in [0.1, 0.15) is 0 Å². The molecular weight excluding hydrogens is 244 g/mol. The standard InChI is InChI=1S/C15H22O4/c1-4-8-19-13-7-6-11(10-14(13)18-3)9-12(5-2)15(16)17/h6-7,10,12H,4-5,8-9H2,1-3H3,(H,16,17). The van der Waals surface area contributed by atoms with Gasteiger partial charge in [-0.3, -0.25) is 4.79 Å². The molecule has 19 heavy (non-hydrogen) atoms. The molecule has 0 bridgehead atoms. The van der Waals surface area contributed by atoms with Crippen molar-refractivity contribution < 1.29 is 19.4 Å². The molecule has 1 atom stereocenters. The van der Waals surface area contributed by atoms with Gasteiger partial charge in [-0.1, -0.05) is 19.9 Å². The van der Waals surface area contributed by atoms with Crippen LogP contribution < -0.4 is 9.47 Å². The van der Waals surface area contributed by atoms with Crippen molar-refractivity contribution in [1.29, 1.82) is 0 Å². The van der Waals surface area contributed by atoms with E-state index in [-0.39, 0.29) is 5.92 Å². The second-order valence-electron chi connectivity index (χ2n) is 4.48. The molecule has 1 N–H and O–H groups in total. The van der Waals surface area contributed by atoms with Gasteiger partial charge in [0, 0.05) is 0 Å². The van der Waals surface area contributed by atoms with Crippen LogP contribution in [0.15, 0.2) is 18.2 Å². The van der Waals surface area contributed by atoms with Crippen molar-refractivity contribution in [1.82, 2.24) is 0 Å². The molecule has 0 saturated heterocycles. The molecule has 0 aliphatic heterocycles. The van der Waals surface area contributed by atoms with Gasteiger partial charge >= 0.3 is 5.97 Å². The predicted molar refractivity (Wildman–Crippen MR) is 73.9 cm³/mol. The first kappa shape index (κ1) is 15.3. The minimum absolute atomic E-state index is 0.355. The van der Waals surface area contributed by atoms with E-state index in [1.54, 1.807) is 7.11 Å². The van der Waals surface area contributed by atoms with Gasteiger partial charge in [-0.15, -0.1) is 0 Å². The number of rotatable bonds is 8. The number of hydrogen-bond donors (Lipinski definition) is 1. The lowest BCUT2D eigenvalue weighted by molar-refractivity contribution is -0.141. The summed E-state index contributed by atoms with van der Waals surface area (Å²) in [7, 11) is 1.59. The lowest BCUT2D eigenvalue weighted by Crippen LogP contribution is -2.15. The van der Waals surface area contributed by atoms with Crippen LogP contribution >= 0.6 is 0 Å². The molecule has 1 aromatic rings. The third-order valence-electron chi connectivity index (χ3n) is 3.01. The Balaban J connectivity index is 2.83. The average molecular weight is 266 g/mol. The van der Waals surface area contributed by atoms with E-state index in [0.717, 1.165) is 12.0 Å². The summed E-state index contributed by atoms with van der Waals surface area (Å²) >= 11 is 0. The third-order valence-corrected chi connectivity index (χ3v) is 3.01. The monoisotopic (exact) mass is 266 g/mol. The highest BCUT2D eigenvalue weighted by molar-refractivity contribution is 5.70. The van der Waals surface area contributed by atoms with Crippen LogP contribution in [-0.4, -0.2) is 24.8 Å². The lowest BCUT2D eigenvalue weighted by Gasteiger charge is -2.13. The molecular formula is C15H22O4. The Hall–Kier alpha value is -1.71. The molecule has 106 valence electrons. The van der Waals surface area contributed by atoms with E-state index < -0.39 is 5.97 Å². The fourth-order valence-corrected chi connectivity index (χ4v) is 1.86. The van der Waals surface area contributed by atoms with Gasteiger partial charge in [0.15, 0.2) is 11.5 Å². The summed E-state index contributed by atoms with van der Waals surface area (Å²) in [5, 5.41) is 9.08. The van der Waals surface area contributed by atoms with Gasteiger partial charge in [0.25, 0.3) is 0 Å². The maximum atomic E-state index is 11.0. The number of hydrogen-bond acceptors (Lipinski definition) is 3. The molecule has 4 nitrogen and oxygen atoms in total. The van der Waals surface area contributed by atoms with Crippen LogP contribution in [0, 0.1) is 5.92 Å². The fourth-order valence-electron chi connectivity index (χ4n) is 1.86. The zero-order valence-corrected chi connectivity index (χ0v) is 11.8. The van der Waals surface area contributed by atoms with Crippen LogP contribution in [0.1, 0.15) is 32.3 Å². The first-order chi connectivity index (χ1) is 9.12. The molecule has 0 spiro atoms.